The molecule has 0 saturated carbocycles. The maximum Gasteiger partial charge on any atom is 0.292 e. The zero-order valence-electron chi connectivity index (χ0n) is 13.8. The van der Waals surface area contributed by atoms with Crippen LogP contribution in [0.15, 0.2) is 29.3 Å². The average Bonchev–Trinajstić information content (AvgIpc) is 2.49. The number of nitrogens with one attached hydrogen (secondary N) is 3. The third-order valence-electron chi connectivity index (χ3n) is 2.79. The van der Waals surface area contributed by atoms with E-state index in [9.17, 15) is 10.1 Å². The highest BCUT2D eigenvalue weighted by Gasteiger charge is 2.11. The molecule has 23 heavy (non-hydrogen) atoms. The highest BCUT2D eigenvalue weighted by molar-refractivity contribution is 14.0. The summed E-state index contributed by atoms with van der Waals surface area (Å²) in [5, 5.41) is 20.4. The fourth-order valence-electron chi connectivity index (χ4n) is 1.78. The van der Waals surface area contributed by atoms with E-state index in [-0.39, 0.29) is 34.6 Å². The summed E-state index contributed by atoms with van der Waals surface area (Å²) < 4.78 is 0. The molecule has 0 spiro atoms. The van der Waals surface area contributed by atoms with Crippen LogP contribution < -0.4 is 16.0 Å². The molecule has 0 aliphatic carbocycles. The molecule has 7 nitrogen and oxygen atoms in total. The highest BCUT2D eigenvalue weighted by atomic mass is 127. The Bertz CT molecular complexity index is 508. The Kier molecular flexibility index (Phi) is 11.1. The Morgan fingerprint density at radius 1 is 1.26 bits per heavy atom. The van der Waals surface area contributed by atoms with Crippen molar-refractivity contribution in [3.05, 3.63) is 34.4 Å². The van der Waals surface area contributed by atoms with Crippen molar-refractivity contribution < 1.29 is 4.92 Å². The Morgan fingerprint density at radius 2 is 1.96 bits per heavy atom. The van der Waals surface area contributed by atoms with E-state index in [2.05, 4.69) is 34.8 Å². The van der Waals surface area contributed by atoms with Crippen LogP contribution in [-0.4, -0.2) is 37.1 Å². The molecule has 0 unspecified atom stereocenters. The van der Waals surface area contributed by atoms with Crippen molar-refractivity contribution in [1.82, 2.24) is 10.6 Å². The number of halogens is 1. The normalized spacial score (nSPS) is 10.9. The molecule has 0 atom stereocenters. The van der Waals surface area contributed by atoms with Gasteiger partial charge >= 0.3 is 0 Å². The number of anilines is 1. The first-order valence-electron chi connectivity index (χ1n) is 7.54. The molecule has 0 radical (unpaired) electrons. The first-order valence-corrected chi connectivity index (χ1v) is 7.54. The summed E-state index contributed by atoms with van der Waals surface area (Å²) in [7, 11) is 0. The van der Waals surface area contributed by atoms with Gasteiger partial charge in [0.25, 0.3) is 5.69 Å². The number of nitro groups is 1. The van der Waals surface area contributed by atoms with Gasteiger partial charge < -0.3 is 16.0 Å². The third kappa shape index (κ3) is 8.58. The molecule has 0 saturated heterocycles. The molecule has 0 heterocycles. The molecular weight excluding hydrogens is 409 g/mol. The minimum absolute atomic E-state index is 0. The van der Waals surface area contributed by atoms with Gasteiger partial charge in [-0.2, -0.15) is 0 Å². The zero-order valence-corrected chi connectivity index (χ0v) is 16.2. The number of benzene rings is 1. The molecule has 0 amide bonds. The summed E-state index contributed by atoms with van der Waals surface area (Å²) in [6, 6.07) is 6.63. The number of guanidine groups is 1. The van der Waals surface area contributed by atoms with Crippen LogP contribution in [0.2, 0.25) is 0 Å². The molecule has 1 aromatic carbocycles. The number of hydrogen-bond acceptors (Lipinski definition) is 4. The van der Waals surface area contributed by atoms with Crippen LogP contribution in [0.4, 0.5) is 11.4 Å². The SMILES string of the molecule is CCNC(=NCC(C)C)NCCNc1ccccc1[N+](=O)[O-].I. The van der Waals surface area contributed by atoms with Crippen LogP contribution in [0.1, 0.15) is 20.8 Å². The quantitative estimate of drug-likeness (QED) is 0.146. The second-order valence-electron chi connectivity index (χ2n) is 5.24. The second kappa shape index (κ2) is 11.9. The van der Waals surface area contributed by atoms with Crippen LogP contribution in [0.5, 0.6) is 0 Å². The van der Waals surface area contributed by atoms with Crippen molar-refractivity contribution in [3.8, 4) is 0 Å². The number of hydrogen-bond donors (Lipinski definition) is 3. The van der Waals surface area contributed by atoms with Crippen LogP contribution in [0.3, 0.4) is 0 Å². The molecule has 0 fully saturated rings. The van der Waals surface area contributed by atoms with Crippen molar-refractivity contribution in [2.75, 3.05) is 31.5 Å². The van der Waals surface area contributed by atoms with E-state index in [0.717, 1.165) is 19.0 Å². The number of rotatable bonds is 8. The van der Waals surface area contributed by atoms with Crippen molar-refractivity contribution in [2.45, 2.75) is 20.8 Å². The van der Waals surface area contributed by atoms with Crippen LogP contribution in [0.25, 0.3) is 0 Å². The van der Waals surface area contributed by atoms with Crippen molar-refractivity contribution in [3.63, 3.8) is 0 Å². The predicted molar refractivity (Wildman–Crippen MR) is 106 cm³/mol. The van der Waals surface area contributed by atoms with Crippen LogP contribution >= 0.6 is 24.0 Å². The Hall–Kier alpha value is -1.58. The summed E-state index contributed by atoms with van der Waals surface area (Å²) in [6.45, 7) is 8.98. The monoisotopic (exact) mass is 435 g/mol. The smallest absolute Gasteiger partial charge is 0.292 e. The van der Waals surface area contributed by atoms with Gasteiger partial charge in [0.2, 0.25) is 0 Å². The minimum atomic E-state index is -0.385. The van der Waals surface area contributed by atoms with Crippen molar-refractivity contribution >= 4 is 41.3 Å². The number of aliphatic imine (C=N–C) groups is 1. The molecule has 0 aliphatic heterocycles. The lowest BCUT2D eigenvalue weighted by Gasteiger charge is -2.13. The minimum Gasteiger partial charge on any atom is -0.378 e. The summed E-state index contributed by atoms with van der Waals surface area (Å²) >= 11 is 0. The second-order valence-corrected chi connectivity index (χ2v) is 5.24. The summed E-state index contributed by atoms with van der Waals surface area (Å²) in [4.78, 5) is 15.0. The van der Waals surface area contributed by atoms with Crippen molar-refractivity contribution in [1.29, 1.82) is 0 Å². The van der Waals surface area contributed by atoms with Gasteiger partial charge in [0, 0.05) is 32.2 Å². The molecular formula is C15H26IN5O2. The first-order chi connectivity index (χ1) is 10.5. The molecule has 0 aromatic heterocycles. The first kappa shape index (κ1) is 21.4. The maximum atomic E-state index is 10.9. The van der Waals surface area contributed by atoms with Gasteiger partial charge in [-0.05, 0) is 18.9 Å². The molecule has 3 N–H and O–H groups in total. The molecule has 0 bridgehead atoms. The van der Waals surface area contributed by atoms with Gasteiger partial charge in [-0.15, -0.1) is 24.0 Å². The molecule has 8 heteroatoms. The fraction of sp³-hybridized carbons (Fsp3) is 0.533. The highest BCUT2D eigenvalue weighted by Crippen LogP contribution is 2.22. The summed E-state index contributed by atoms with van der Waals surface area (Å²) in [5.41, 5.74) is 0.612. The largest absolute Gasteiger partial charge is 0.378 e. The standard InChI is InChI=1S/C15H25N5O2.HI/c1-4-16-15(19-11-12(2)3)18-10-9-17-13-7-5-6-8-14(13)20(21)22;/h5-8,12,17H,4,9-11H2,1-3H3,(H2,16,18,19);1H. The number of nitrogens with zero attached hydrogens (tertiary/aromatic N) is 2. The summed E-state index contributed by atoms with van der Waals surface area (Å²) in [5.74, 6) is 1.26. The van der Waals surface area contributed by atoms with Crippen molar-refractivity contribution in [2.24, 2.45) is 10.9 Å². The van der Waals surface area contributed by atoms with E-state index >= 15 is 0 Å². The maximum absolute atomic E-state index is 10.9. The van der Waals surface area contributed by atoms with Gasteiger partial charge in [-0.1, -0.05) is 26.0 Å². The average molecular weight is 435 g/mol. The van der Waals surface area contributed by atoms with Gasteiger partial charge in [-0.3, -0.25) is 15.1 Å². The van der Waals surface area contributed by atoms with Crippen LogP contribution in [0, 0.1) is 16.0 Å². The molecule has 1 aromatic rings. The lowest BCUT2D eigenvalue weighted by atomic mass is 10.2. The van der Waals surface area contributed by atoms with E-state index in [0.29, 0.717) is 24.7 Å². The number of nitro benzene ring substituents is 1. The van der Waals surface area contributed by atoms with E-state index in [1.807, 2.05) is 6.92 Å². The topological polar surface area (TPSA) is 91.6 Å². The van der Waals surface area contributed by atoms with E-state index in [4.69, 9.17) is 0 Å². The van der Waals surface area contributed by atoms with E-state index < -0.39 is 0 Å². The number of para-hydroxylation sites is 2. The Morgan fingerprint density at radius 3 is 2.57 bits per heavy atom. The Labute approximate surface area is 154 Å². The van der Waals surface area contributed by atoms with Gasteiger partial charge in [0.05, 0.1) is 4.92 Å². The van der Waals surface area contributed by atoms with E-state index in [1.54, 1.807) is 18.2 Å². The van der Waals surface area contributed by atoms with Gasteiger partial charge in [0.1, 0.15) is 5.69 Å². The van der Waals surface area contributed by atoms with Crippen LogP contribution in [-0.2, 0) is 0 Å². The van der Waals surface area contributed by atoms with Gasteiger partial charge in [0.15, 0.2) is 5.96 Å². The lowest BCUT2D eigenvalue weighted by molar-refractivity contribution is -0.384. The fourth-order valence-corrected chi connectivity index (χ4v) is 1.78. The predicted octanol–water partition coefficient (Wildman–Crippen LogP) is 2.84. The van der Waals surface area contributed by atoms with Gasteiger partial charge in [-0.25, -0.2) is 0 Å². The summed E-state index contributed by atoms with van der Waals surface area (Å²) in [6.07, 6.45) is 0. The van der Waals surface area contributed by atoms with E-state index in [1.165, 1.54) is 6.07 Å². The molecule has 1 rings (SSSR count). The third-order valence-corrected chi connectivity index (χ3v) is 2.79. The lowest BCUT2D eigenvalue weighted by Crippen LogP contribution is -2.39. The Balaban J connectivity index is 0.00000484. The molecule has 0 aliphatic rings. The zero-order chi connectivity index (χ0) is 16.4. The molecule has 130 valence electrons.